The van der Waals surface area contributed by atoms with Crippen molar-refractivity contribution < 1.29 is 9.13 Å². The van der Waals surface area contributed by atoms with Crippen LogP contribution in [0.15, 0.2) is 18.2 Å². The van der Waals surface area contributed by atoms with Gasteiger partial charge in [0.05, 0.1) is 7.11 Å². The number of benzene rings is 1. The van der Waals surface area contributed by atoms with Gasteiger partial charge in [-0.2, -0.15) is 0 Å². The third-order valence-corrected chi connectivity index (χ3v) is 4.78. The van der Waals surface area contributed by atoms with Crippen molar-refractivity contribution in [3.63, 3.8) is 0 Å². The van der Waals surface area contributed by atoms with E-state index in [2.05, 4.69) is 25.8 Å². The van der Waals surface area contributed by atoms with E-state index in [1.54, 1.807) is 12.1 Å². The van der Waals surface area contributed by atoms with Gasteiger partial charge in [0.15, 0.2) is 11.6 Å². The molecule has 0 heterocycles. The summed E-state index contributed by atoms with van der Waals surface area (Å²) in [6.07, 6.45) is 2.36. The van der Waals surface area contributed by atoms with E-state index >= 15 is 0 Å². The van der Waals surface area contributed by atoms with Gasteiger partial charge in [0.25, 0.3) is 0 Å². The number of rotatable bonds is 5. The van der Waals surface area contributed by atoms with Crippen LogP contribution in [0.2, 0.25) is 0 Å². The van der Waals surface area contributed by atoms with Gasteiger partial charge in [-0.3, -0.25) is 0 Å². The predicted molar refractivity (Wildman–Crippen MR) is 83.8 cm³/mol. The summed E-state index contributed by atoms with van der Waals surface area (Å²) in [5, 5.41) is 0. The van der Waals surface area contributed by atoms with Crippen molar-refractivity contribution in [2.45, 2.75) is 39.3 Å². The Morgan fingerprint density at radius 1 is 1.43 bits per heavy atom. The van der Waals surface area contributed by atoms with Crippen molar-refractivity contribution in [1.82, 2.24) is 4.90 Å². The highest BCUT2D eigenvalue weighted by Crippen LogP contribution is 2.40. The van der Waals surface area contributed by atoms with Crippen molar-refractivity contribution in [2.75, 3.05) is 20.7 Å². The zero-order valence-corrected chi connectivity index (χ0v) is 13.5. The van der Waals surface area contributed by atoms with E-state index in [0.29, 0.717) is 11.7 Å². The summed E-state index contributed by atoms with van der Waals surface area (Å²) in [4.78, 5) is 2.23. The zero-order chi connectivity index (χ0) is 15.6. The van der Waals surface area contributed by atoms with Crippen LogP contribution in [0.25, 0.3) is 0 Å². The number of ether oxygens (including phenoxy) is 1. The minimum absolute atomic E-state index is 0.234. The van der Waals surface area contributed by atoms with Gasteiger partial charge in [-0.1, -0.05) is 19.9 Å². The van der Waals surface area contributed by atoms with E-state index < -0.39 is 0 Å². The van der Waals surface area contributed by atoms with Crippen molar-refractivity contribution in [3.05, 3.63) is 29.6 Å². The largest absolute Gasteiger partial charge is 0.494 e. The van der Waals surface area contributed by atoms with Crippen molar-refractivity contribution in [1.29, 1.82) is 0 Å². The Kier molecular flexibility index (Phi) is 4.89. The Hall–Kier alpha value is -1.13. The maximum absolute atomic E-state index is 13.7. The molecule has 4 heteroatoms. The Balaban J connectivity index is 1.93. The minimum atomic E-state index is -0.304. The van der Waals surface area contributed by atoms with Crippen molar-refractivity contribution in [3.8, 4) is 5.75 Å². The fourth-order valence-electron chi connectivity index (χ4n) is 3.33. The third kappa shape index (κ3) is 3.74. The van der Waals surface area contributed by atoms with Crippen LogP contribution < -0.4 is 10.5 Å². The van der Waals surface area contributed by atoms with E-state index in [4.69, 9.17) is 10.5 Å². The number of hydrogen-bond donors (Lipinski definition) is 1. The van der Waals surface area contributed by atoms with Crippen LogP contribution in [0.1, 0.15) is 32.3 Å². The molecule has 2 rings (SSSR count). The first-order valence-electron chi connectivity index (χ1n) is 7.60. The van der Waals surface area contributed by atoms with Crippen LogP contribution in [0.5, 0.6) is 5.75 Å². The summed E-state index contributed by atoms with van der Waals surface area (Å²) in [7, 11) is 3.55. The SMILES string of the molecule is COc1ccc(CN(C)CC2CCC(C)(C)C2N)cc1F. The molecule has 1 fully saturated rings. The standard InChI is InChI=1S/C17H27FN2O/c1-17(2)8-7-13(16(17)19)11-20(3)10-12-5-6-15(21-4)14(18)9-12/h5-6,9,13,16H,7-8,10-11,19H2,1-4H3. The van der Waals surface area contributed by atoms with Gasteiger partial charge in [0, 0.05) is 19.1 Å². The third-order valence-electron chi connectivity index (χ3n) is 4.78. The lowest BCUT2D eigenvalue weighted by atomic mass is 9.85. The molecule has 0 aliphatic heterocycles. The van der Waals surface area contributed by atoms with Crippen LogP contribution in [0, 0.1) is 17.2 Å². The monoisotopic (exact) mass is 294 g/mol. The molecule has 2 atom stereocenters. The predicted octanol–water partition coefficient (Wildman–Crippen LogP) is 3.03. The highest BCUT2D eigenvalue weighted by Gasteiger charge is 2.39. The molecule has 1 aliphatic carbocycles. The van der Waals surface area contributed by atoms with Gasteiger partial charge in [-0.25, -0.2) is 4.39 Å². The van der Waals surface area contributed by atoms with Crippen LogP contribution >= 0.6 is 0 Å². The van der Waals surface area contributed by atoms with Crippen LogP contribution in [-0.2, 0) is 6.54 Å². The number of methoxy groups -OCH3 is 1. The second-order valence-electron chi connectivity index (χ2n) is 6.98. The van der Waals surface area contributed by atoms with Crippen molar-refractivity contribution in [2.24, 2.45) is 17.1 Å². The molecule has 1 aliphatic rings. The lowest BCUT2D eigenvalue weighted by Crippen LogP contribution is -2.41. The molecule has 118 valence electrons. The molecule has 2 unspecified atom stereocenters. The van der Waals surface area contributed by atoms with Gasteiger partial charge in [-0.15, -0.1) is 0 Å². The summed E-state index contributed by atoms with van der Waals surface area (Å²) in [5.41, 5.74) is 7.55. The molecular formula is C17H27FN2O. The van der Waals surface area contributed by atoms with E-state index in [1.165, 1.54) is 20.0 Å². The van der Waals surface area contributed by atoms with E-state index in [0.717, 1.165) is 18.7 Å². The second kappa shape index (κ2) is 6.32. The van der Waals surface area contributed by atoms with Gasteiger partial charge in [0.2, 0.25) is 0 Å². The highest BCUT2D eigenvalue weighted by molar-refractivity contribution is 5.29. The lowest BCUT2D eigenvalue weighted by Gasteiger charge is -2.29. The summed E-state index contributed by atoms with van der Waals surface area (Å²) < 4.78 is 18.7. The second-order valence-corrected chi connectivity index (χ2v) is 6.98. The topological polar surface area (TPSA) is 38.5 Å². The molecule has 21 heavy (non-hydrogen) atoms. The smallest absolute Gasteiger partial charge is 0.165 e. The molecule has 0 amide bonds. The average Bonchev–Trinajstić information content (AvgIpc) is 2.66. The molecule has 0 spiro atoms. The first-order chi connectivity index (χ1) is 9.83. The fourth-order valence-corrected chi connectivity index (χ4v) is 3.33. The zero-order valence-electron chi connectivity index (χ0n) is 13.5. The average molecular weight is 294 g/mol. The van der Waals surface area contributed by atoms with Crippen LogP contribution in [-0.4, -0.2) is 31.6 Å². The Bertz CT molecular complexity index is 490. The minimum Gasteiger partial charge on any atom is -0.494 e. The maximum atomic E-state index is 13.7. The van der Waals surface area contributed by atoms with Gasteiger partial charge >= 0.3 is 0 Å². The molecule has 1 saturated carbocycles. The first kappa shape index (κ1) is 16.2. The number of hydrogen-bond acceptors (Lipinski definition) is 3. The molecule has 0 aromatic heterocycles. The first-order valence-corrected chi connectivity index (χ1v) is 7.60. The molecule has 3 nitrogen and oxygen atoms in total. The number of nitrogens with two attached hydrogens (primary N) is 1. The summed E-state index contributed by atoms with van der Waals surface area (Å²) in [6.45, 7) is 6.18. The summed E-state index contributed by atoms with van der Waals surface area (Å²) in [5.74, 6) is 0.510. The molecule has 0 saturated heterocycles. The normalized spacial score (nSPS) is 24.5. The van der Waals surface area contributed by atoms with E-state index in [1.807, 2.05) is 6.07 Å². The van der Waals surface area contributed by atoms with Gasteiger partial charge < -0.3 is 15.4 Å². The lowest BCUT2D eigenvalue weighted by molar-refractivity contribution is 0.229. The molecule has 1 aromatic carbocycles. The number of halogens is 1. The summed E-state index contributed by atoms with van der Waals surface area (Å²) >= 11 is 0. The Morgan fingerprint density at radius 2 is 2.14 bits per heavy atom. The van der Waals surface area contributed by atoms with Gasteiger partial charge in [-0.05, 0) is 48.9 Å². The van der Waals surface area contributed by atoms with Crippen molar-refractivity contribution >= 4 is 0 Å². The van der Waals surface area contributed by atoms with Crippen LogP contribution in [0.3, 0.4) is 0 Å². The van der Waals surface area contributed by atoms with E-state index in [9.17, 15) is 4.39 Å². The number of nitrogens with zero attached hydrogens (tertiary/aromatic N) is 1. The fraction of sp³-hybridized carbons (Fsp3) is 0.647. The Morgan fingerprint density at radius 3 is 2.67 bits per heavy atom. The molecule has 1 aromatic rings. The quantitative estimate of drug-likeness (QED) is 0.907. The molecule has 0 bridgehead atoms. The van der Waals surface area contributed by atoms with E-state index in [-0.39, 0.29) is 17.3 Å². The maximum Gasteiger partial charge on any atom is 0.165 e. The summed E-state index contributed by atoms with van der Waals surface area (Å²) in [6, 6.07) is 5.39. The highest BCUT2D eigenvalue weighted by atomic mass is 19.1. The molecule has 0 radical (unpaired) electrons. The van der Waals surface area contributed by atoms with Crippen LogP contribution in [0.4, 0.5) is 4.39 Å². The molecular weight excluding hydrogens is 267 g/mol. The van der Waals surface area contributed by atoms with Gasteiger partial charge in [0.1, 0.15) is 0 Å². The molecule has 2 N–H and O–H groups in total. The Labute approximate surface area is 127 Å².